The van der Waals surface area contributed by atoms with Gasteiger partial charge < -0.3 is 9.47 Å². The summed E-state index contributed by atoms with van der Waals surface area (Å²) in [6.07, 6.45) is 0. The first-order valence-electron chi connectivity index (χ1n) is 18.5. The van der Waals surface area contributed by atoms with Crippen LogP contribution in [0, 0.1) is 0 Å². The molecule has 0 unspecified atom stereocenters. The number of anilines is 3. The molecule has 0 spiro atoms. The summed E-state index contributed by atoms with van der Waals surface area (Å²) in [5.74, 6) is 0. The van der Waals surface area contributed by atoms with E-state index in [1.165, 1.54) is 66.0 Å². The fourth-order valence-corrected chi connectivity index (χ4v) is 8.00. The highest BCUT2D eigenvalue weighted by molar-refractivity contribution is 6.16. The average Bonchev–Trinajstić information content (AvgIpc) is 3.59. The Morgan fingerprint density at radius 3 is 1.67 bits per heavy atom. The Morgan fingerprint density at radius 1 is 0.315 bits per heavy atom. The van der Waals surface area contributed by atoms with E-state index in [2.05, 4.69) is 228 Å². The Bertz CT molecular complexity index is 2920. The molecule has 54 heavy (non-hydrogen) atoms. The maximum atomic E-state index is 2.39. The van der Waals surface area contributed by atoms with E-state index in [9.17, 15) is 0 Å². The number of fused-ring (bicyclic) bond motifs is 4. The van der Waals surface area contributed by atoms with E-state index in [1.807, 2.05) is 0 Å². The third-order valence-corrected chi connectivity index (χ3v) is 10.5. The standard InChI is InChI=1S/C52H36N2/c1-3-14-37(15-4-1)39-30-32-45(33-31-39)53(46-22-11-18-41(35-46)42-29-28-38-16-7-8-17-40(38)34-42)47-23-12-19-43(36-47)48-25-13-27-51-52(48)49-24-9-10-26-50(49)54(51)44-20-5-2-6-21-44/h1-36H. The zero-order valence-electron chi connectivity index (χ0n) is 29.7. The second-order valence-corrected chi connectivity index (χ2v) is 13.8. The molecule has 0 saturated heterocycles. The van der Waals surface area contributed by atoms with Crippen LogP contribution >= 0.6 is 0 Å². The van der Waals surface area contributed by atoms with Crippen molar-refractivity contribution >= 4 is 49.6 Å². The molecular weight excluding hydrogens is 653 g/mol. The molecule has 0 N–H and O–H groups in total. The molecule has 0 atom stereocenters. The predicted octanol–water partition coefficient (Wildman–Crippen LogP) is 14.4. The first kappa shape index (κ1) is 31.6. The summed E-state index contributed by atoms with van der Waals surface area (Å²) in [7, 11) is 0. The van der Waals surface area contributed by atoms with Crippen LogP contribution in [-0.2, 0) is 0 Å². The number of benzene rings is 9. The van der Waals surface area contributed by atoms with Crippen molar-refractivity contribution in [2.45, 2.75) is 0 Å². The molecule has 0 saturated carbocycles. The Hall–Kier alpha value is -7.16. The summed E-state index contributed by atoms with van der Waals surface area (Å²) < 4.78 is 2.39. The molecule has 0 aliphatic carbocycles. The Kier molecular flexibility index (Phi) is 7.85. The predicted molar refractivity (Wildman–Crippen MR) is 229 cm³/mol. The maximum Gasteiger partial charge on any atom is 0.0547 e. The van der Waals surface area contributed by atoms with Crippen LogP contribution in [0.15, 0.2) is 218 Å². The third-order valence-electron chi connectivity index (χ3n) is 10.5. The van der Waals surface area contributed by atoms with E-state index < -0.39 is 0 Å². The van der Waals surface area contributed by atoms with Crippen molar-refractivity contribution in [3.8, 4) is 39.1 Å². The number of hydrogen-bond donors (Lipinski definition) is 0. The largest absolute Gasteiger partial charge is 0.310 e. The van der Waals surface area contributed by atoms with Crippen molar-refractivity contribution in [1.82, 2.24) is 4.57 Å². The van der Waals surface area contributed by atoms with Gasteiger partial charge in [0.25, 0.3) is 0 Å². The second kappa shape index (κ2) is 13.4. The highest BCUT2D eigenvalue weighted by Crippen LogP contribution is 2.42. The molecule has 10 rings (SSSR count). The van der Waals surface area contributed by atoms with E-state index in [4.69, 9.17) is 0 Å². The number of rotatable bonds is 7. The molecule has 0 aliphatic heterocycles. The summed E-state index contributed by atoms with van der Waals surface area (Å²) in [4.78, 5) is 2.39. The van der Waals surface area contributed by atoms with Gasteiger partial charge in [-0.25, -0.2) is 0 Å². The SMILES string of the molecule is c1ccc(-c2ccc(N(c3cccc(-c4ccc5ccccc5c4)c3)c3cccc(-c4cccc5c4c4ccccc4n5-c4ccccc4)c3)cc2)cc1. The van der Waals surface area contributed by atoms with Crippen LogP contribution in [-0.4, -0.2) is 4.57 Å². The molecule has 9 aromatic carbocycles. The van der Waals surface area contributed by atoms with Gasteiger partial charge in [0, 0.05) is 33.5 Å². The van der Waals surface area contributed by atoms with Gasteiger partial charge in [0.05, 0.1) is 11.0 Å². The van der Waals surface area contributed by atoms with Crippen LogP contribution in [0.4, 0.5) is 17.1 Å². The molecule has 10 aromatic rings. The van der Waals surface area contributed by atoms with Gasteiger partial charge in [-0.05, 0) is 111 Å². The van der Waals surface area contributed by atoms with E-state index >= 15 is 0 Å². The molecule has 1 aromatic heterocycles. The van der Waals surface area contributed by atoms with Gasteiger partial charge >= 0.3 is 0 Å². The lowest BCUT2D eigenvalue weighted by Gasteiger charge is -2.27. The van der Waals surface area contributed by atoms with Gasteiger partial charge in [-0.3, -0.25) is 0 Å². The van der Waals surface area contributed by atoms with Crippen molar-refractivity contribution in [3.05, 3.63) is 218 Å². The van der Waals surface area contributed by atoms with Gasteiger partial charge in [0.15, 0.2) is 0 Å². The fourth-order valence-electron chi connectivity index (χ4n) is 8.00. The zero-order chi connectivity index (χ0) is 35.8. The lowest BCUT2D eigenvalue weighted by molar-refractivity contribution is 1.18. The topological polar surface area (TPSA) is 8.17 Å². The third kappa shape index (κ3) is 5.62. The molecule has 254 valence electrons. The van der Waals surface area contributed by atoms with E-state index in [0.29, 0.717) is 0 Å². The molecular formula is C52H36N2. The molecule has 1 heterocycles. The van der Waals surface area contributed by atoms with Crippen LogP contribution in [0.2, 0.25) is 0 Å². The van der Waals surface area contributed by atoms with Crippen LogP contribution in [0.3, 0.4) is 0 Å². The quantitative estimate of drug-likeness (QED) is 0.162. The lowest BCUT2D eigenvalue weighted by atomic mass is 9.98. The zero-order valence-corrected chi connectivity index (χ0v) is 29.7. The molecule has 0 aliphatic rings. The van der Waals surface area contributed by atoms with Crippen LogP contribution < -0.4 is 4.90 Å². The first-order valence-corrected chi connectivity index (χ1v) is 18.5. The smallest absolute Gasteiger partial charge is 0.0547 e. The minimum Gasteiger partial charge on any atom is -0.310 e. The van der Waals surface area contributed by atoms with Gasteiger partial charge in [0.2, 0.25) is 0 Å². The molecule has 0 radical (unpaired) electrons. The Morgan fingerprint density at radius 2 is 0.870 bits per heavy atom. The van der Waals surface area contributed by atoms with Crippen LogP contribution in [0.25, 0.3) is 71.6 Å². The Labute approximate surface area is 315 Å². The minimum atomic E-state index is 1.10. The van der Waals surface area contributed by atoms with Crippen molar-refractivity contribution in [2.24, 2.45) is 0 Å². The van der Waals surface area contributed by atoms with Gasteiger partial charge in [0.1, 0.15) is 0 Å². The van der Waals surface area contributed by atoms with E-state index in [0.717, 1.165) is 22.7 Å². The second-order valence-electron chi connectivity index (χ2n) is 13.8. The number of hydrogen-bond acceptors (Lipinski definition) is 1. The minimum absolute atomic E-state index is 1.10. The maximum absolute atomic E-state index is 2.39. The average molecular weight is 689 g/mol. The molecule has 2 nitrogen and oxygen atoms in total. The highest BCUT2D eigenvalue weighted by Gasteiger charge is 2.18. The van der Waals surface area contributed by atoms with Crippen molar-refractivity contribution in [3.63, 3.8) is 0 Å². The first-order chi connectivity index (χ1) is 26.8. The van der Waals surface area contributed by atoms with Crippen molar-refractivity contribution in [1.29, 1.82) is 0 Å². The number of para-hydroxylation sites is 2. The normalized spacial score (nSPS) is 11.3. The van der Waals surface area contributed by atoms with Crippen molar-refractivity contribution < 1.29 is 0 Å². The van der Waals surface area contributed by atoms with Gasteiger partial charge in [-0.15, -0.1) is 0 Å². The molecule has 0 fully saturated rings. The summed E-state index contributed by atoms with van der Waals surface area (Å²) >= 11 is 0. The van der Waals surface area contributed by atoms with Gasteiger partial charge in [-0.1, -0.05) is 152 Å². The van der Waals surface area contributed by atoms with Gasteiger partial charge in [-0.2, -0.15) is 0 Å². The van der Waals surface area contributed by atoms with E-state index in [1.54, 1.807) is 0 Å². The fraction of sp³-hybridized carbons (Fsp3) is 0. The molecule has 2 heteroatoms. The van der Waals surface area contributed by atoms with Crippen molar-refractivity contribution in [2.75, 3.05) is 4.90 Å². The number of aromatic nitrogens is 1. The highest BCUT2D eigenvalue weighted by atomic mass is 15.1. The molecule has 0 amide bonds. The van der Waals surface area contributed by atoms with Crippen LogP contribution in [0.5, 0.6) is 0 Å². The summed E-state index contributed by atoms with van der Waals surface area (Å²) in [6.45, 7) is 0. The Balaban J connectivity index is 1.14. The monoisotopic (exact) mass is 688 g/mol. The number of nitrogens with zero attached hydrogens (tertiary/aromatic N) is 2. The molecule has 0 bridgehead atoms. The lowest BCUT2D eigenvalue weighted by Crippen LogP contribution is -2.10. The summed E-state index contributed by atoms with van der Waals surface area (Å²) in [5, 5.41) is 4.99. The summed E-state index contributed by atoms with van der Waals surface area (Å²) in [5.41, 5.74) is 14.0. The van der Waals surface area contributed by atoms with Crippen LogP contribution in [0.1, 0.15) is 0 Å². The summed E-state index contributed by atoms with van der Waals surface area (Å²) in [6, 6.07) is 78.9. The van der Waals surface area contributed by atoms with E-state index in [-0.39, 0.29) is 0 Å².